The molecule has 2 aromatic rings. The number of nitrogens with zero attached hydrogens (tertiary/aromatic N) is 1. The Kier molecular flexibility index (Phi) is 4.89. The molecule has 7 heteroatoms. The van der Waals surface area contributed by atoms with Gasteiger partial charge in [0.2, 0.25) is 0 Å². The van der Waals surface area contributed by atoms with Gasteiger partial charge in [0.1, 0.15) is 5.82 Å². The lowest BCUT2D eigenvalue weighted by molar-refractivity contribution is -0.131. The van der Waals surface area contributed by atoms with E-state index < -0.39 is 11.8 Å². The molecule has 2 rings (SSSR count). The minimum absolute atomic E-state index is 0.262. The molecule has 0 aliphatic heterocycles. The fourth-order valence-electron chi connectivity index (χ4n) is 1.52. The maximum Gasteiger partial charge on any atom is 0.328 e. The number of nitrogens with one attached hydrogen (secondary N) is 1. The molecule has 0 aliphatic rings. The molecule has 1 aromatic carbocycles. The molecule has 0 saturated carbocycles. The van der Waals surface area contributed by atoms with Crippen LogP contribution in [0.25, 0.3) is 6.08 Å². The Morgan fingerprint density at radius 3 is 2.90 bits per heavy atom. The van der Waals surface area contributed by atoms with Gasteiger partial charge in [0.05, 0.1) is 0 Å². The summed E-state index contributed by atoms with van der Waals surface area (Å²) in [6.45, 7) is 0. The maximum absolute atomic E-state index is 13.9. The van der Waals surface area contributed by atoms with Gasteiger partial charge in [-0.1, -0.05) is 23.9 Å². The van der Waals surface area contributed by atoms with Crippen molar-refractivity contribution < 1.29 is 14.3 Å². The first-order valence-electron chi connectivity index (χ1n) is 5.92. The number of thioether (sulfide) groups is 1. The normalized spacial score (nSPS) is 10.9. The van der Waals surface area contributed by atoms with Crippen molar-refractivity contribution in [1.82, 2.24) is 9.97 Å². The molecule has 0 bridgehead atoms. The number of halogens is 1. The molecule has 1 heterocycles. The van der Waals surface area contributed by atoms with E-state index in [0.717, 1.165) is 6.08 Å². The summed E-state index contributed by atoms with van der Waals surface area (Å²) >= 11 is 1.21. The van der Waals surface area contributed by atoms with E-state index >= 15 is 0 Å². The number of aromatic amines is 1. The summed E-state index contributed by atoms with van der Waals surface area (Å²) in [5, 5.41) is 8.93. The molecule has 0 unspecified atom stereocenters. The number of aromatic nitrogens is 2. The molecule has 0 fully saturated rings. The number of carboxylic acids is 1. The van der Waals surface area contributed by atoms with Gasteiger partial charge in [-0.3, -0.25) is 4.79 Å². The van der Waals surface area contributed by atoms with E-state index in [-0.39, 0.29) is 5.56 Å². The first kappa shape index (κ1) is 15.0. The Morgan fingerprint density at radius 1 is 1.43 bits per heavy atom. The summed E-state index contributed by atoms with van der Waals surface area (Å²) in [6.07, 6.45) is 3.65. The van der Waals surface area contributed by atoms with Gasteiger partial charge in [0.25, 0.3) is 5.56 Å². The molecule has 0 amide bonds. The van der Waals surface area contributed by atoms with Gasteiger partial charge in [-0.25, -0.2) is 14.2 Å². The lowest BCUT2D eigenvalue weighted by Crippen LogP contribution is -2.05. The number of hydrogen-bond acceptors (Lipinski definition) is 4. The van der Waals surface area contributed by atoms with E-state index in [1.54, 1.807) is 12.1 Å². The minimum Gasteiger partial charge on any atom is -0.478 e. The standard InChI is InChI=1S/C14H11FN2O3S/c15-11-7-9(2-4-13(19)20)1-3-10(11)8-21-14-16-6-5-12(18)17-14/h1-7H,8H2,(H,19,20)(H,16,17,18). The number of hydrogen-bond donors (Lipinski definition) is 2. The fourth-order valence-corrected chi connectivity index (χ4v) is 2.36. The summed E-state index contributed by atoms with van der Waals surface area (Å²) in [7, 11) is 0. The van der Waals surface area contributed by atoms with Crippen LogP contribution in [0.1, 0.15) is 11.1 Å². The van der Waals surface area contributed by atoms with Crippen LogP contribution >= 0.6 is 11.8 Å². The molecule has 2 N–H and O–H groups in total. The van der Waals surface area contributed by atoms with Crippen molar-refractivity contribution in [2.75, 3.05) is 0 Å². The molecule has 21 heavy (non-hydrogen) atoms. The monoisotopic (exact) mass is 306 g/mol. The molecular weight excluding hydrogens is 295 g/mol. The molecule has 0 saturated heterocycles. The third-order valence-corrected chi connectivity index (χ3v) is 3.44. The molecule has 0 aliphatic carbocycles. The van der Waals surface area contributed by atoms with Gasteiger partial charge >= 0.3 is 5.97 Å². The topological polar surface area (TPSA) is 83.0 Å². The second-order valence-corrected chi connectivity index (χ2v) is 5.01. The summed E-state index contributed by atoms with van der Waals surface area (Å²) in [6, 6.07) is 5.76. The van der Waals surface area contributed by atoms with Crippen molar-refractivity contribution in [3.63, 3.8) is 0 Å². The Labute approximate surface area is 123 Å². The summed E-state index contributed by atoms with van der Waals surface area (Å²) < 4.78 is 13.9. The smallest absolute Gasteiger partial charge is 0.328 e. The lowest BCUT2D eigenvalue weighted by atomic mass is 10.1. The van der Waals surface area contributed by atoms with E-state index in [9.17, 15) is 14.0 Å². The first-order chi connectivity index (χ1) is 10.0. The van der Waals surface area contributed by atoms with Gasteiger partial charge in [0, 0.05) is 24.1 Å². The average molecular weight is 306 g/mol. The Morgan fingerprint density at radius 2 is 2.24 bits per heavy atom. The Balaban J connectivity index is 2.07. The molecule has 0 spiro atoms. The lowest BCUT2D eigenvalue weighted by Gasteiger charge is -2.04. The van der Waals surface area contributed by atoms with Crippen molar-refractivity contribution in [1.29, 1.82) is 0 Å². The van der Waals surface area contributed by atoms with Crippen molar-refractivity contribution in [3.05, 3.63) is 63.8 Å². The van der Waals surface area contributed by atoms with Crippen LogP contribution in [0.3, 0.4) is 0 Å². The minimum atomic E-state index is -1.09. The van der Waals surface area contributed by atoms with Gasteiger partial charge in [-0.2, -0.15) is 0 Å². The van der Waals surface area contributed by atoms with Crippen LogP contribution in [0, 0.1) is 5.82 Å². The quantitative estimate of drug-likeness (QED) is 0.503. The highest BCUT2D eigenvalue weighted by molar-refractivity contribution is 7.98. The van der Waals surface area contributed by atoms with Crippen LogP contribution in [-0.4, -0.2) is 21.0 Å². The highest BCUT2D eigenvalue weighted by Gasteiger charge is 2.05. The zero-order valence-electron chi connectivity index (χ0n) is 10.7. The Bertz CT molecular complexity index is 743. The second-order valence-electron chi connectivity index (χ2n) is 4.05. The summed E-state index contributed by atoms with van der Waals surface area (Å²) in [5.74, 6) is -1.22. The van der Waals surface area contributed by atoms with Crippen LogP contribution in [0.2, 0.25) is 0 Å². The predicted molar refractivity (Wildman–Crippen MR) is 77.5 cm³/mol. The zero-order chi connectivity index (χ0) is 15.2. The van der Waals surface area contributed by atoms with Gasteiger partial charge in [0.15, 0.2) is 5.16 Å². The largest absolute Gasteiger partial charge is 0.478 e. The zero-order valence-corrected chi connectivity index (χ0v) is 11.6. The predicted octanol–water partition coefficient (Wildman–Crippen LogP) is 2.30. The van der Waals surface area contributed by atoms with E-state index in [2.05, 4.69) is 9.97 Å². The second kappa shape index (κ2) is 6.85. The number of rotatable bonds is 5. The van der Waals surface area contributed by atoms with Gasteiger partial charge in [-0.15, -0.1) is 0 Å². The van der Waals surface area contributed by atoms with Crippen LogP contribution in [-0.2, 0) is 10.5 Å². The maximum atomic E-state index is 13.9. The number of H-pyrrole nitrogens is 1. The first-order valence-corrected chi connectivity index (χ1v) is 6.91. The van der Waals surface area contributed by atoms with Crippen LogP contribution < -0.4 is 5.56 Å². The fraction of sp³-hybridized carbons (Fsp3) is 0.0714. The molecule has 0 radical (unpaired) electrons. The van der Waals surface area contributed by atoms with Gasteiger partial charge < -0.3 is 10.1 Å². The van der Waals surface area contributed by atoms with Crippen molar-refractivity contribution in [2.45, 2.75) is 10.9 Å². The molecular formula is C14H11FN2O3S. The Hall–Kier alpha value is -2.41. The SMILES string of the molecule is O=C(O)C=Cc1ccc(CSc2nccc(=O)[nH]2)c(F)c1. The van der Waals surface area contributed by atoms with Crippen molar-refractivity contribution in [2.24, 2.45) is 0 Å². The number of carbonyl (C=O) groups is 1. The van der Waals surface area contributed by atoms with Crippen LogP contribution in [0.5, 0.6) is 0 Å². The third-order valence-electron chi connectivity index (χ3n) is 2.51. The van der Waals surface area contributed by atoms with Crippen molar-refractivity contribution in [3.8, 4) is 0 Å². The highest BCUT2D eigenvalue weighted by Crippen LogP contribution is 2.21. The van der Waals surface area contributed by atoms with E-state index in [1.165, 1.54) is 36.2 Å². The van der Waals surface area contributed by atoms with E-state index in [4.69, 9.17) is 5.11 Å². The highest BCUT2D eigenvalue weighted by atomic mass is 32.2. The number of carboxylic acid groups (broad SMARTS) is 1. The van der Waals surface area contributed by atoms with E-state index in [0.29, 0.717) is 22.0 Å². The summed E-state index contributed by atoms with van der Waals surface area (Å²) in [5.41, 5.74) is 0.649. The van der Waals surface area contributed by atoms with Crippen molar-refractivity contribution >= 4 is 23.8 Å². The molecule has 1 aromatic heterocycles. The van der Waals surface area contributed by atoms with Crippen LogP contribution in [0.15, 0.2) is 46.5 Å². The molecule has 108 valence electrons. The van der Waals surface area contributed by atoms with E-state index in [1.807, 2.05) is 0 Å². The molecule has 5 nitrogen and oxygen atoms in total. The molecule has 0 atom stereocenters. The third kappa shape index (κ3) is 4.57. The number of benzene rings is 1. The number of aliphatic carboxylic acids is 1. The van der Waals surface area contributed by atoms with Gasteiger partial charge in [-0.05, 0) is 23.3 Å². The van der Waals surface area contributed by atoms with Crippen LogP contribution in [0.4, 0.5) is 4.39 Å². The summed E-state index contributed by atoms with van der Waals surface area (Å²) in [4.78, 5) is 28.0. The average Bonchev–Trinajstić information content (AvgIpc) is 2.44.